The van der Waals surface area contributed by atoms with E-state index in [1.807, 2.05) is 0 Å². The maximum absolute atomic E-state index is 14.3. The fourth-order valence-corrected chi connectivity index (χ4v) is 2.89. The van der Waals surface area contributed by atoms with Crippen molar-refractivity contribution in [3.63, 3.8) is 0 Å². The van der Waals surface area contributed by atoms with Crippen molar-refractivity contribution >= 4 is 18.0 Å². The number of benzene rings is 1. The second-order valence-corrected chi connectivity index (χ2v) is 6.92. The monoisotopic (exact) mass is 466 g/mol. The molecule has 0 aliphatic rings. The number of aryl methyl sites for hydroxylation is 1. The van der Waals surface area contributed by atoms with Crippen LogP contribution >= 0.6 is 11.8 Å². The van der Waals surface area contributed by atoms with Crippen molar-refractivity contribution < 1.29 is 49.0 Å². The highest BCUT2D eigenvalue weighted by molar-refractivity contribution is 7.99. The van der Waals surface area contributed by atoms with Crippen LogP contribution in [0.4, 0.5) is 39.5 Å². The molecule has 2 aromatic rings. The van der Waals surface area contributed by atoms with Crippen LogP contribution in [0.1, 0.15) is 16.1 Å². The number of aromatic nitrogens is 2. The van der Waals surface area contributed by atoms with Gasteiger partial charge < -0.3 is 4.74 Å². The van der Waals surface area contributed by atoms with Crippen LogP contribution in [0.25, 0.3) is 5.69 Å². The van der Waals surface area contributed by atoms with Gasteiger partial charge in [-0.2, -0.15) is 35.1 Å². The topological polar surface area (TPSA) is 44.1 Å². The van der Waals surface area contributed by atoms with E-state index < -0.39 is 53.7 Å². The van der Waals surface area contributed by atoms with Crippen LogP contribution in [-0.4, -0.2) is 46.7 Å². The Morgan fingerprint density at radius 2 is 1.73 bits per heavy atom. The summed E-state index contributed by atoms with van der Waals surface area (Å²) in [6.07, 6.45) is -10.3. The summed E-state index contributed by atoms with van der Waals surface area (Å²) in [5.41, 5.74) is -0.869. The second-order valence-electron chi connectivity index (χ2n) is 5.90. The van der Waals surface area contributed by atoms with E-state index in [2.05, 4.69) is 9.84 Å². The van der Waals surface area contributed by atoms with Crippen LogP contribution in [0.15, 0.2) is 23.1 Å². The van der Waals surface area contributed by atoms with Gasteiger partial charge >= 0.3 is 18.3 Å². The lowest BCUT2D eigenvalue weighted by molar-refractivity contribution is -0.290. The Hall–Kier alpha value is -2.38. The Balaban J connectivity index is 2.36. The van der Waals surface area contributed by atoms with Crippen molar-refractivity contribution in [3.8, 4) is 11.6 Å². The first-order valence-electron chi connectivity index (χ1n) is 7.77. The summed E-state index contributed by atoms with van der Waals surface area (Å²) in [6.45, 7) is -0.808. The molecule has 14 heteroatoms. The number of halogens is 9. The molecule has 1 heterocycles. The van der Waals surface area contributed by atoms with E-state index >= 15 is 0 Å². The maximum atomic E-state index is 14.3. The van der Waals surface area contributed by atoms with Gasteiger partial charge in [0.1, 0.15) is 17.2 Å². The minimum atomic E-state index is -5.89. The molecule has 30 heavy (non-hydrogen) atoms. The number of alkyl halides is 8. The molecule has 0 amide bonds. The van der Waals surface area contributed by atoms with Gasteiger partial charge in [0.25, 0.3) is 0 Å². The fraction of sp³-hybridized carbons (Fsp3) is 0.375. The van der Waals surface area contributed by atoms with Crippen LogP contribution in [0.3, 0.4) is 0 Å². The molecule has 0 unspecified atom stereocenters. The molecule has 0 radical (unpaired) electrons. The van der Waals surface area contributed by atoms with Gasteiger partial charge in [0.05, 0.1) is 5.75 Å². The molecular formula is C16H11F9N2O2S. The highest BCUT2D eigenvalue weighted by Crippen LogP contribution is 2.36. The molecule has 0 bridgehead atoms. The molecule has 1 aromatic carbocycles. The molecule has 1 aromatic heterocycles. The first kappa shape index (κ1) is 23.9. The lowest BCUT2D eigenvalue weighted by Crippen LogP contribution is -2.41. The molecule has 0 aliphatic carbocycles. The maximum Gasteiger partial charge on any atom is 0.456 e. The molecule has 0 saturated carbocycles. The summed E-state index contributed by atoms with van der Waals surface area (Å²) < 4.78 is 119. The SMILES string of the molecule is Cc1cc(F)c(-n2nc(OCC(F)(F)C(F)(F)F)cc2C=O)cc1SCC(F)(F)F. The average molecular weight is 466 g/mol. The molecule has 0 atom stereocenters. The first-order valence-corrected chi connectivity index (χ1v) is 8.76. The van der Waals surface area contributed by atoms with Gasteiger partial charge in [-0.1, -0.05) is 0 Å². The summed E-state index contributed by atoms with van der Waals surface area (Å²) in [5, 5.41) is 3.47. The van der Waals surface area contributed by atoms with Crippen LogP contribution in [0.2, 0.25) is 0 Å². The molecule has 0 spiro atoms. The number of ether oxygens (including phenoxy) is 1. The Kier molecular flexibility index (Phi) is 6.69. The van der Waals surface area contributed by atoms with Crippen molar-refractivity contribution in [2.75, 3.05) is 12.4 Å². The molecule has 0 saturated heterocycles. The number of thioether (sulfide) groups is 1. The molecule has 0 N–H and O–H groups in total. The number of hydrogen-bond donors (Lipinski definition) is 0. The lowest BCUT2D eigenvalue weighted by Gasteiger charge is -2.18. The van der Waals surface area contributed by atoms with E-state index in [1.54, 1.807) is 0 Å². The Labute approximate surface area is 167 Å². The number of carbonyl (C=O) groups is 1. The lowest BCUT2D eigenvalue weighted by atomic mass is 10.2. The minimum absolute atomic E-state index is 0.0119. The highest BCUT2D eigenvalue weighted by Gasteiger charge is 2.58. The summed E-state index contributed by atoms with van der Waals surface area (Å²) >= 11 is 0.332. The van der Waals surface area contributed by atoms with Crippen LogP contribution in [-0.2, 0) is 0 Å². The Bertz CT molecular complexity index is 923. The molecule has 0 fully saturated rings. The molecule has 0 aliphatic heterocycles. The third-order valence-electron chi connectivity index (χ3n) is 3.52. The number of nitrogens with zero attached hydrogens (tertiary/aromatic N) is 2. The fourth-order valence-electron chi connectivity index (χ4n) is 2.09. The van der Waals surface area contributed by atoms with Gasteiger partial charge in [-0.15, -0.1) is 16.9 Å². The summed E-state index contributed by atoms with van der Waals surface area (Å²) in [4.78, 5) is 11.2. The van der Waals surface area contributed by atoms with Gasteiger partial charge in [-0.25, -0.2) is 9.07 Å². The number of aldehydes is 1. The van der Waals surface area contributed by atoms with Crippen LogP contribution in [0, 0.1) is 12.7 Å². The summed E-state index contributed by atoms with van der Waals surface area (Å²) in [6, 6.07) is 2.49. The second kappa shape index (κ2) is 8.40. The van der Waals surface area contributed by atoms with Crippen LogP contribution in [0.5, 0.6) is 5.88 Å². The van der Waals surface area contributed by atoms with Gasteiger partial charge in [0, 0.05) is 11.0 Å². The largest absolute Gasteiger partial charge is 0.470 e. The van der Waals surface area contributed by atoms with E-state index in [-0.39, 0.29) is 16.7 Å². The van der Waals surface area contributed by atoms with Gasteiger partial charge in [0.2, 0.25) is 5.88 Å². The van der Waals surface area contributed by atoms with Crippen molar-refractivity contribution in [1.29, 1.82) is 0 Å². The zero-order chi connectivity index (χ0) is 22.9. The quantitative estimate of drug-likeness (QED) is 0.313. The first-order chi connectivity index (χ1) is 13.6. The highest BCUT2D eigenvalue weighted by atomic mass is 32.2. The zero-order valence-electron chi connectivity index (χ0n) is 14.7. The predicted molar refractivity (Wildman–Crippen MR) is 86.9 cm³/mol. The molecule has 2 rings (SSSR count). The average Bonchev–Trinajstić information content (AvgIpc) is 3.00. The smallest absolute Gasteiger partial charge is 0.456 e. The van der Waals surface area contributed by atoms with Gasteiger partial charge in [0.15, 0.2) is 12.9 Å². The number of hydrogen-bond acceptors (Lipinski definition) is 4. The van der Waals surface area contributed by atoms with Gasteiger partial charge in [-0.3, -0.25) is 4.79 Å². The summed E-state index contributed by atoms with van der Waals surface area (Å²) in [5.74, 6) is -8.37. The molecular weight excluding hydrogens is 455 g/mol. The van der Waals surface area contributed by atoms with Crippen molar-refractivity contribution in [2.45, 2.75) is 30.1 Å². The van der Waals surface area contributed by atoms with Crippen molar-refractivity contribution in [3.05, 3.63) is 35.3 Å². The van der Waals surface area contributed by atoms with Crippen molar-refractivity contribution in [2.24, 2.45) is 0 Å². The normalized spacial score (nSPS) is 12.9. The van der Waals surface area contributed by atoms with E-state index in [0.717, 1.165) is 12.1 Å². The standard InChI is InChI=1S/C16H11F9N2O2S/c1-8-2-10(17)11(4-12(8)30-7-15(20,21)22)27-9(5-28)3-13(26-27)29-6-14(18,19)16(23,24)25/h2-5H,6-7H2,1H3. The third kappa shape index (κ3) is 5.61. The third-order valence-corrected chi connectivity index (χ3v) is 4.74. The van der Waals surface area contributed by atoms with Crippen molar-refractivity contribution in [1.82, 2.24) is 9.78 Å². The number of rotatable bonds is 7. The van der Waals surface area contributed by atoms with Crippen LogP contribution < -0.4 is 4.74 Å². The Morgan fingerprint density at radius 3 is 2.27 bits per heavy atom. The zero-order valence-corrected chi connectivity index (χ0v) is 15.6. The van der Waals surface area contributed by atoms with Gasteiger partial charge in [-0.05, 0) is 24.6 Å². The van der Waals surface area contributed by atoms with E-state index in [4.69, 9.17) is 0 Å². The Morgan fingerprint density at radius 1 is 1.10 bits per heavy atom. The van der Waals surface area contributed by atoms with E-state index in [9.17, 15) is 44.3 Å². The van der Waals surface area contributed by atoms with E-state index in [1.165, 1.54) is 6.92 Å². The van der Waals surface area contributed by atoms with E-state index in [0.29, 0.717) is 22.5 Å². The predicted octanol–water partition coefficient (Wildman–Crippen LogP) is 5.36. The molecule has 166 valence electrons. The molecule has 4 nitrogen and oxygen atoms in total. The number of carbonyl (C=O) groups excluding carboxylic acids is 1. The summed E-state index contributed by atoms with van der Waals surface area (Å²) in [7, 11) is 0. The minimum Gasteiger partial charge on any atom is -0.470 e.